The van der Waals surface area contributed by atoms with Crippen LogP contribution in [0.25, 0.3) is 5.65 Å². The number of benzene rings is 1. The van der Waals surface area contributed by atoms with Crippen molar-refractivity contribution in [3.63, 3.8) is 0 Å². The molecule has 0 saturated carbocycles. The second kappa shape index (κ2) is 8.56. The Hall–Kier alpha value is -2.67. The summed E-state index contributed by atoms with van der Waals surface area (Å²) >= 11 is 0. The summed E-state index contributed by atoms with van der Waals surface area (Å²) in [5, 5.41) is 4.36. The SMILES string of the molecule is CCCCOc1nc(N)n2ncc(Cc3cccc(CN4CCCC4)c3)c2n1. The molecule has 0 unspecified atom stereocenters. The third kappa shape index (κ3) is 4.25. The fraction of sp³-hybridized carbons (Fsp3) is 0.476. The van der Waals surface area contributed by atoms with Gasteiger partial charge in [0.15, 0.2) is 5.65 Å². The van der Waals surface area contributed by atoms with Crippen molar-refractivity contribution in [3.05, 3.63) is 47.2 Å². The smallest absolute Gasteiger partial charge is 0.321 e. The summed E-state index contributed by atoms with van der Waals surface area (Å²) < 4.78 is 7.23. The lowest BCUT2D eigenvalue weighted by Gasteiger charge is -2.15. The Morgan fingerprint density at radius 2 is 1.96 bits per heavy atom. The van der Waals surface area contributed by atoms with Crippen molar-refractivity contribution in [1.29, 1.82) is 0 Å². The first kappa shape index (κ1) is 18.7. The van der Waals surface area contributed by atoms with Crippen LogP contribution in [0.3, 0.4) is 0 Å². The van der Waals surface area contributed by atoms with Gasteiger partial charge < -0.3 is 10.5 Å². The number of nitrogens with zero attached hydrogens (tertiary/aromatic N) is 5. The van der Waals surface area contributed by atoms with Crippen LogP contribution in [0.2, 0.25) is 0 Å². The van der Waals surface area contributed by atoms with Crippen LogP contribution in [0.15, 0.2) is 30.5 Å². The topological polar surface area (TPSA) is 81.6 Å². The molecule has 0 atom stereocenters. The minimum Gasteiger partial charge on any atom is -0.463 e. The number of nitrogen functional groups attached to an aromatic ring is 1. The lowest BCUT2D eigenvalue weighted by atomic mass is 10.0. The molecular formula is C21H28N6O. The first-order valence-electron chi connectivity index (χ1n) is 10.2. The van der Waals surface area contributed by atoms with E-state index in [-0.39, 0.29) is 0 Å². The van der Waals surface area contributed by atoms with E-state index in [2.05, 4.69) is 51.2 Å². The van der Waals surface area contributed by atoms with Gasteiger partial charge >= 0.3 is 6.01 Å². The van der Waals surface area contributed by atoms with Crippen LogP contribution in [0.1, 0.15) is 49.3 Å². The predicted octanol–water partition coefficient (Wildman–Crippen LogP) is 3.07. The summed E-state index contributed by atoms with van der Waals surface area (Å²) in [6, 6.07) is 9.10. The van der Waals surface area contributed by atoms with E-state index in [1.807, 2.05) is 6.20 Å². The Morgan fingerprint density at radius 3 is 2.79 bits per heavy atom. The van der Waals surface area contributed by atoms with Gasteiger partial charge in [0.1, 0.15) is 0 Å². The van der Waals surface area contributed by atoms with Crippen LogP contribution in [-0.4, -0.2) is 44.2 Å². The molecule has 7 heteroatoms. The van der Waals surface area contributed by atoms with E-state index >= 15 is 0 Å². The Bertz CT molecular complexity index is 932. The standard InChI is InChI=1S/C21H28N6O/c1-2-3-11-28-21-24-19-18(14-23-27(19)20(22)25-21)13-16-7-6-8-17(12-16)15-26-9-4-5-10-26/h6-8,12,14H,2-5,9-11,13,15H2,1H3,(H2,22,24,25). The molecule has 0 aliphatic carbocycles. The van der Waals surface area contributed by atoms with Gasteiger partial charge in [-0.2, -0.15) is 19.6 Å². The lowest BCUT2D eigenvalue weighted by molar-refractivity contribution is 0.285. The number of hydrogen-bond donors (Lipinski definition) is 1. The number of aromatic nitrogens is 4. The molecule has 1 saturated heterocycles. The van der Waals surface area contributed by atoms with Gasteiger partial charge in [-0.1, -0.05) is 37.6 Å². The molecular weight excluding hydrogens is 352 g/mol. The van der Waals surface area contributed by atoms with Crippen molar-refractivity contribution < 1.29 is 4.74 Å². The Kier molecular flexibility index (Phi) is 5.71. The van der Waals surface area contributed by atoms with Gasteiger partial charge in [-0.3, -0.25) is 4.90 Å². The van der Waals surface area contributed by atoms with Gasteiger partial charge in [-0.15, -0.1) is 0 Å². The number of rotatable bonds is 8. The van der Waals surface area contributed by atoms with E-state index in [0.29, 0.717) is 24.2 Å². The monoisotopic (exact) mass is 380 g/mol. The molecule has 1 aromatic carbocycles. The maximum Gasteiger partial charge on any atom is 0.321 e. The average Bonchev–Trinajstić information content (AvgIpc) is 3.33. The second-order valence-electron chi connectivity index (χ2n) is 7.45. The van der Waals surface area contributed by atoms with Crippen LogP contribution >= 0.6 is 0 Å². The fourth-order valence-corrected chi connectivity index (χ4v) is 3.68. The van der Waals surface area contributed by atoms with Crippen molar-refractivity contribution in [1.82, 2.24) is 24.5 Å². The van der Waals surface area contributed by atoms with Crippen molar-refractivity contribution >= 4 is 11.6 Å². The zero-order valence-electron chi connectivity index (χ0n) is 16.5. The predicted molar refractivity (Wildman–Crippen MR) is 109 cm³/mol. The minimum atomic E-state index is 0.297. The molecule has 2 N–H and O–H groups in total. The fourth-order valence-electron chi connectivity index (χ4n) is 3.68. The number of hydrogen-bond acceptors (Lipinski definition) is 6. The Labute approximate surface area is 165 Å². The molecule has 2 aromatic heterocycles. The van der Waals surface area contributed by atoms with Gasteiger partial charge in [-0.05, 0) is 43.5 Å². The summed E-state index contributed by atoms with van der Waals surface area (Å²) in [6.07, 6.45) is 7.22. The molecule has 1 aliphatic rings. The summed E-state index contributed by atoms with van der Waals surface area (Å²) in [7, 11) is 0. The molecule has 0 spiro atoms. The Balaban J connectivity index is 1.54. The van der Waals surface area contributed by atoms with Gasteiger partial charge in [0.05, 0.1) is 12.8 Å². The van der Waals surface area contributed by atoms with E-state index in [4.69, 9.17) is 10.5 Å². The molecule has 3 aromatic rings. The third-order valence-corrected chi connectivity index (χ3v) is 5.17. The van der Waals surface area contributed by atoms with E-state index in [0.717, 1.165) is 31.4 Å². The highest BCUT2D eigenvalue weighted by Crippen LogP contribution is 2.20. The van der Waals surface area contributed by atoms with Crippen LogP contribution in [-0.2, 0) is 13.0 Å². The summed E-state index contributed by atoms with van der Waals surface area (Å²) in [4.78, 5) is 11.3. The lowest BCUT2D eigenvalue weighted by Crippen LogP contribution is -2.18. The van der Waals surface area contributed by atoms with E-state index in [9.17, 15) is 0 Å². The quantitative estimate of drug-likeness (QED) is 0.605. The maximum absolute atomic E-state index is 6.05. The molecule has 3 heterocycles. The molecule has 28 heavy (non-hydrogen) atoms. The van der Waals surface area contributed by atoms with Gasteiger partial charge in [0, 0.05) is 18.5 Å². The molecule has 4 rings (SSSR count). The molecule has 1 fully saturated rings. The summed E-state index contributed by atoms with van der Waals surface area (Å²) in [6.45, 7) is 6.14. The van der Waals surface area contributed by atoms with Gasteiger partial charge in [0.2, 0.25) is 5.95 Å². The van der Waals surface area contributed by atoms with Crippen LogP contribution < -0.4 is 10.5 Å². The first-order chi connectivity index (χ1) is 13.7. The van der Waals surface area contributed by atoms with Crippen LogP contribution in [0.4, 0.5) is 5.95 Å². The highest BCUT2D eigenvalue weighted by molar-refractivity contribution is 5.52. The van der Waals surface area contributed by atoms with Gasteiger partial charge in [-0.25, -0.2) is 0 Å². The molecule has 0 radical (unpaired) electrons. The normalized spacial score (nSPS) is 14.8. The average molecular weight is 380 g/mol. The van der Waals surface area contributed by atoms with Crippen molar-refractivity contribution in [3.8, 4) is 6.01 Å². The van der Waals surface area contributed by atoms with E-state index < -0.39 is 0 Å². The van der Waals surface area contributed by atoms with Gasteiger partial charge in [0.25, 0.3) is 0 Å². The molecule has 7 nitrogen and oxygen atoms in total. The van der Waals surface area contributed by atoms with Crippen molar-refractivity contribution in [2.45, 2.75) is 45.6 Å². The number of ether oxygens (including phenoxy) is 1. The Morgan fingerprint density at radius 1 is 1.14 bits per heavy atom. The number of fused-ring (bicyclic) bond motifs is 1. The number of anilines is 1. The van der Waals surface area contributed by atoms with Crippen LogP contribution in [0.5, 0.6) is 6.01 Å². The minimum absolute atomic E-state index is 0.297. The zero-order valence-corrected chi connectivity index (χ0v) is 16.5. The number of nitrogens with two attached hydrogens (primary N) is 1. The summed E-state index contributed by atoms with van der Waals surface area (Å²) in [5.74, 6) is 0.297. The zero-order chi connectivity index (χ0) is 19.3. The molecule has 1 aliphatic heterocycles. The molecule has 148 valence electrons. The molecule has 0 bridgehead atoms. The van der Waals surface area contributed by atoms with Crippen LogP contribution in [0, 0.1) is 0 Å². The first-order valence-corrected chi connectivity index (χ1v) is 10.2. The summed E-state index contributed by atoms with van der Waals surface area (Å²) in [5.41, 5.74) is 10.4. The third-order valence-electron chi connectivity index (χ3n) is 5.17. The second-order valence-corrected chi connectivity index (χ2v) is 7.45. The molecule has 0 amide bonds. The van der Waals surface area contributed by atoms with E-state index in [1.54, 1.807) is 4.52 Å². The largest absolute Gasteiger partial charge is 0.463 e. The highest BCUT2D eigenvalue weighted by atomic mass is 16.5. The number of likely N-dealkylation sites (tertiary alicyclic amines) is 1. The number of unbranched alkanes of at least 4 members (excludes halogenated alkanes) is 1. The maximum atomic E-state index is 6.05. The van der Waals surface area contributed by atoms with Crippen molar-refractivity contribution in [2.24, 2.45) is 0 Å². The van der Waals surface area contributed by atoms with Crippen molar-refractivity contribution in [2.75, 3.05) is 25.4 Å². The highest BCUT2D eigenvalue weighted by Gasteiger charge is 2.14. The van der Waals surface area contributed by atoms with E-state index in [1.165, 1.54) is 37.1 Å².